The Morgan fingerprint density at radius 2 is 1.77 bits per heavy atom. The van der Waals surface area contributed by atoms with Crippen LogP contribution in [0.15, 0.2) is 54.6 Å². The summed E-state index contributed by atoms with van der Waals surface area (Å²) < 4.78 is 13.8. The monoisotopic (exact) mass is 405 g/mol. The lowest BCUT2D eigenvalue weighted by Crippen LogP contribution is -2.38. The molecule has 2 amide bonds. The first kappa shape index (κ1) is 20.0. The van der Waals surface area contributed by atoms with Gasteiger partial charge in [0, 0.05) is 30.8 Å². The fourth-order valence-corrected chi connectivity index (χ4v) is 4.14. The molecule has 0 radical (unpaired) electrons. The first-order valence-electron chi connectivity index (χ1n) is 10.2. The molecule has 0 spiro atoms. The van der Waals surface area contributed by atoms with Crippen LogP contribution < -0.4 is 5.73 Å². The summed E-state index contributed by atoms with van der Waals surface area (Å²) in [6, 6.07) is 16.0. The number of likely N-dealkylation sites (tertiary alicyclic amines) is 1. The topological polar surface area (TPSA) is 76.3 Å². The van der Waals surface area contributed by atoms with Crippen molar-refractivity contribution >= 4 is 22.7 Å². The maximum Gasteiger partial charge on any atom is 0.250 e. The van der Waals surface area contributed by atoms with E-state index in [2.05, 4.69) is 0 Å². The molecule has 4 rings (SSSR count). The number of carbonyl (C=O) groups excluding carboxylic acids is 2. The molecule has 3 aromatic rings. The second-order valence-corrected chi connectivity index (χ2v) is 7.72. The molecule has 5 nitrogen and oxygen atoms in total. The summed E-state index contributed by atoms with van der Waals surface area (Å²) in [6.07, 6.45) is 2.12. The summed E-state index contributed by atoms with van der Waals surface area (Å²) in [7, 11) is 0. The first-order chi connectivity index (χ1) is 14.5. The van der Waals surface area contributed by atoms with Crippen molar-refractivity contribution in [3.63, 3.8) is 0 Å². The Hall–Kier alpha value is -3.28. The van der Waals surface area contributed by atoms with Crippen LogP contribution in [0.25, 0.3) is 10.9 Å². The number of benzene rings is 2. The Bertz CT molecular complexity index is 1090. The molecular formula is C24H24FN3O2. The molecule has 2 heterocycles. The SMILES string of the molecule is NC(=O)c1cc2ccccc2nc1C1CCN(C(=O)CCc2ccccc2F)CC1. The molecule has 0 unspecified atom stereocenters. The van der Waals surface area contributed by atoms with Gasteiger partial charge in [0.1, 0.15) is 5.82 Å². The number of aryl methyl sites for hydroxylation is 1. The van der Waals surface area contributed by atoms with Crippen molar-refractivity contribution in [2.45, 2.75) is 31.6 Å². The van der Waals surface area contributed by atoms with Gasteiger partial charge in [0.25, 0.3) is 5.91 Å². The van der Waals surface area contributed by atoms with Gasteiger partial charge in [-0.15, -0.1) is 0 Å². The van der Waals surface area contributed by atoms with Crippen molar-refractivity contribution < 1.29 is 14.0 Å². The van der Waals surface area contributed by atoms with E-state index >= 15 is 0 Å². The Morgan fingerprint density at radius 3 is 2.50 bits per heavy atom. The average molecular weight is 405 g/mol. The second-order valence-electron chi connectivity index (χ2n) is 7.72. The molecule has 0 bridgehead atoms. The van der Waals surface area contributed by atoms with Gasteiger partial charge < -0.3 is 10.6 Å². The van der Waals surface area contributed by atoms with E-state index in [9.17, 15) is 14.0 Å². The van der Waals surface area contributed by atoms with Gasteiger partial charge in [0.05, 0.1) is 16.8 Å². The minimum absolute atomic E-state index is 0.0262. The number of primary amides is 1. The number of para-hydroxylation sites is 1. The quantitative estimate of drug-likeness (QED) is 0.701. The zero-order chi connectivity index (χ0) is 21.1. The van der Waals surface area contributed by atoms with Gasteiger partial charge in [-0.3, -0.25) is 14.6 Å². The summed E-state index contributed by atoms with van der Waals surface area (Å²) in [5.74, 6) is -0.650. The summed E-state index contributed by atoms with van der Waals surface area (Å²) in [5.41, 5.74) is 8.20. The van der Waals surface area contributed by atoms with Crippen molar-refractivity contribution in [1.82, 2.24) is 9.88 Å². The van der Waals surface area contributed by atoms with Crippen molar-refractivity contribution in [2.24, 2.45) is 5.73 Å². The van der Waals surface area contributed by atoms with Crippen molar-refractivity contribution in [1.29, 1.82) is 0 Å². The highest BCUT2D eigenvalue weighted by atomic mass is 19.1. The number of hydrogen-bond acceptors (Lipinski definition) is 3. The molecule has 1 fully saturated rings. The number of nitrogens with two attached hydrogens (primary N) is 1. The van der Waals surface area contributed by atoms with Crippen LogP contribution in [-0.4, -0.2) is 34.8 Å². The van der Waals surface area contributed by atoms with Crippen LogP contribution in [0.1, 0.15) is 46.8 Å². The van der Waals surface area contributed by atoms with Gasteiger partial charge in [-0.2, -0.15) is 0 Å². The van der Waals surface area contributed by atoms with E-state index in [-0.39, 0.29) is 24.1 Å². The Morgan fingerprint density at radius 1 is 1.07 bits per heavy atom. The van der Waals surface area contributed by atoms with E-state index in [1.165, 1.54) is 6.07 Å². The Balaban J connectivity index is 1.43. The van der Waals surface area contributed by atoms with E-state index < -0.39 is 5.91 Å². The maximum atomic E-state index is 13.8. The summed E-state index contributed by atoms with van der Waals surface area (Å²) in [4.78, 5) is 31.2. The van der Waals surface area contributed by atoms with E-state index in [1.54, 1.807) is 18.2 Å². The normalized spacial score (nSPS) is 14.8. The number of aromatic nitrogens is 1. The number of halogens is 1. The number of rotatable bonds is 5. The number of hydrogen-bond donors (Lipinski definition) is 1. The van der Waals surface area contributed by atoms with Gasteiger partial charge >= 0.3 is 0 Å². The van der Waals surface area contributed by atoms with Crippen molar-refractivity contribution in [3.05, 3.63) is 77.2 Å². The van der Waals surface area contributed by atoms with Gasteiger partial charge in [-0.1, -0.05) is 36.4 Å². The minimum atomic E-state index is -0.480. The lowest BCUT2D eigenvalue weighted by molar-refractivity contribution is -0.132. The number of fused-ring (bicyclic) bond motifs is 1. The van der Waals surface area contributed by atoms with Crippen molar-refractivity contribution in [3.8, 4) is 0 Å². The predicted octanol–water partition coefficient (Wildman–Crippen LogP) is 3.81. The molecule has 0 saturated carbocycles. The number of amides is 2. The van der Waals surface area contributed by atoms with Gasteiger partial charge in [0.15, 0.2) is 0 Å². The van der Waals surface area contributed by atoms with Crippen LogP contribution in [0, 0.1) is 5.82 Å². The molecule has 6 heteroatoms. The van der Waals surface area contributed by atoms with Crippen LogP contribution in [0.4, 0.5) is 4.39 Å². The number of piperidine rings is 1. The fraction of sp³-hybridized carbons (Fsp3) is 0.292. The fourth-order valence-electron chi connectivity index (χ4n) is 4.14. The molecule has 154 valence electrons. The Kier molecular flexibility index (Phi) is 5.74. The van der Waals surface area contributed by atoms with Gasteiger partial charge in [0.2, 0.25) is 5.91 Å². The smallest absolute Gasteiger partial charge is 0.250 e. The average Bonchev–Trinajstić information content (AvgIpc) is 2.77. The Labute approximate surface area is 174 Å². The molecule has 1 aromatic heterocycles. The number of nitrogens with zero attached hydrogens (tertiary/aromatic N) is 2. The third-order valence-electron chi connectivity index (χ3n) is 5.82. The van der Waals surface area contributed by atoms with Gasteiger partial charge in [-0.05, 0) is 43.0 Å². The van der Waals surface area contributed by atoms with Crippen LogP contribution in [0.3, 0.4) is 0 Å². The zero-order valence-electron chi connectivity index (χ0n) is 16.7. The zero-order valence-corrected chi connectivity index (χ0v) is 16.7. The molecular weight excluding hydrogens is 381 g/mol. The van der Waals surface area contributed by atoms with Crippen LogP contribution in [-0.2, 0) is 11.2 Å². The largest absolute Gasteiger partial charge is 0.366 e. The highest BCUT2D eigenvalue weighted by molar-refractivity contribution is 5.97. The molecule has 1 aliphatic rings. The first-order valence-corrected chi connectivity index (χ1v) is 10.2. The molecule has 30 heavy (non-hydrogen) atoms. The summed E-state index contributed by atoms with van der Waals surface area (Å²) >= 11 is 0. The predicted molar refractivity (Wildman–Crippen MR) is 114 cm³/mol. The van der Waals surface area contributed by atoms with Crippen LogP contribution >= 0.6 is 0 Å². The molecule has 1 aliphatic heterocycles. The third kappa shape index (κ3) is 4.17. The van der Waals surface area contributed by atoms with E-state index in [4.69, 9.17) is 10.7 Å². The lowest BCUT2D eigenvalue weighted by atomic mass is 9.89. The highest BCUT2D eigenvalue weighted by Gasteiger charge is 2.27. The molecule has 0 aliphatic carbocycles. The molecule has 0 atom stereocenters. The van der Waals surface area contributed by atoms with Crippen LogP contribution in [0.5, 0.6) is 0 Å². The summed E-state index contributed by atoms with van der Waals surface area (Å²) in [5, 5.41) is 0.885. The third-order valence-corrected chi connectivity index (χ3v) is 5.82. The number of carbonyl (C=O) groups is 2. The van der Waals surface area contributed by atoms with E-state index in [0.717, 1.165) is 29.4 Å². The molecule has 2 aromatic carbocycles. The number of pyridine rings is 1. The van der Waals surface area contributed by atoms with Crippen molar-refractivity contribution in [2.75, 3.05) is 13.1 Å². The molecule has 1 saturated heterocycles. The maximum absolute atomic E-state index is 13.8. The van der Waals surface area contributed by atoms with E-state index in [0.29, 0.717) is 30.6 Å². The van der Waals surface area contributed by atoms with E-state index in [1.807, 2.05) is 35.2 Å². The van der Waals surface area contributed by atoms with Crippen LogP contribution in [0.2, 0.25) is 0 Å². The highest BCUT2D eigenvalue weighted by Crippen LogP contribution is 2.31. The standard InChI is InChI=1S/C24H24FN3O2/c25-20-7-3-1-5-16(20)9-10-22(29)28-13-11-17(12-14-28)23-19(24(26)30)15-18-6-2-4-8-21(18)27-23/h1-8,15,17H,9-14H2,(H2,26,30). The lowest BCUT2D eigenvalue weighted by Gasteiger charge is -2.32. The minimum Gasteiger partial charge on any atom is -0.366 e. The van der Waals surface area contributed by atoms with Gasteiger partial charge in [-0.25, -0.2) is 4.39 Å². The summed E-state index contributed by atoms with van der Waals surface area (Å²) in [6.45, 7) is 1.18. The second kappa shape index (κ2) is 8.61. The molecule has 2 N–H and O–H groups in total.